The maximum atomic E-state index is 13.3. The molecule has 0 heterocycles. The molecule has 3 aromatic rings. The van der Waals surface area contributed by atoms with Crippen LogP contribution in [0.1, 0.15) is 60.0 Å². The summed E-state index contributed by atoms with van der Waals surface area (Å²) in [6.07, 6.45) is 0.548. The van der Waals surface area contributed by atoms with Gasteiger partial charge in [-0.1, -0.05) is 80.6 Å². The Morgan fingerprint density at radius 2 is 1.34 bits per heavy atom. The molecule has 6 heteroatoms. The lowest BCUT2D eigenvalue weighted by atomic mass is 10.0. The number of nitrogens with two attached hydrogens (primary N) is 1. The smallest absolute Gasteiger partial charge is 0.248 e. The van der Waals surface area contributed by atoms with Gasteiger partial charge in [0.15, 0.2) is 0 Å². The first kappa shape index (κ1) is 23.7. The molecule has 0 aromatic heterocycles. The summed E-state index contributed by atoms with van der Waals surface area (Å²) >= 11 is 0. The van der Waals surface area contributed by atoms with Crippen molar-refractivity contribution in [3.63, 3.8) is 0 Å². The molecule has 168 valence electrons. The molecule has 2 atom stereocenters. The van der Waals surface area contributed by atoms with Crippen LogP contribution >= 0.6 is 0 Å². The fourth-order valence-electron chi connectivity index (χ4n) is 3.73. The van der Waals surface area contributed by atoms with Gasteiger partial charge in [-0.05, 0) is 53.6 Å². The van der Waals surface area contributed by atoms with Crippen molar-refractivity contribution in [2.75, 3.05) is 0 Å². The number of benzene rings is 3. The number of carbonyl (C=O) groups excluding carboxylic acids is 1. The Bertz CT molecular complexity index is 1140. The Hall–Kier alpha value is -2.96. The number of hydrogen-bond acceptors (Lipinski definition) is 3. The minimum Gasteiger partial charge on any atom is -0.366 e. The van der Waals surface area contributed by atoms with Crippen molar-refractivity contribution in [3.8, 4) is 11.1 Å². The zero-order chi connectivity index (χ0) is 23.3. The molecule has 0 radical (unpaired) electrons. The van der Waals surface area contributed by atoms with Crippen LogP contribution in [0.15, 0.2) is 78.9 Å². The molecule has 3 rings (SSSR count). The normalized spacial score (nSPS) is 13.6. The summed E-state index contributed by atoms with van der Waals surface area (Å²) in [5.41, 5.74) is 9.36. The van der Waals surface area contributed by atoms with E-state index in [-0.39, 0.29) is 12.0 Å². The van der Waals surface area contributed by atoms with E-state index >= 15 is 0 Å². The molecular weight excluding hydrogens is 420 g/mol. The highest BCUT2D eigenvalue weighted by Gasteiger charge is 2.29. The monoisotopic (exact) mass is 450 g/mol. The molecule has 0 spiro atoms. The molecule has 1 amide bonds. The van der Waals surface area contributed by atoms with E-state index in [0.29, 0.717) is 12.0 Å². The van der Waals surface area contributed by atoms with Crippen molar-refractivity contribution in [2.24, 2.45) is 11.7 Å². The number of nitrogens with one attached hydrogen (secondary N) is 1. The van der Waals surface area contributed by atoms with Crippen LogP contribution in [0.5, 0.6) is 0 Å². The number of primary amides is 1. The van der Waals surface area contributed by atoms with E-state index in [4.69, 9.17) is 5.73 Å². The Morgan fingerprint density at radius 3 is 1.84 bits per heavy atom. The summed E-state index contributed by atoms with van der Waals surface area (Å²) in [4.78, 5) is 11.2. The van der Waals surface area contributed by atoms with Gasteiger partial charge < -0.3 is 5.73 Å². The van der Waals surface area contributed by atoms with Gasteiger partial charge in [-0.25, -0.2) is 13.1 Å². The standard InChI is InChI=1S/C26H30N2O3S/c1-18(2)17-25(23-7-5-4-6-8-23)32(30,31)28-19(3)20-9-11-21(12-10-20)22-13-15-24(16-14-22)26(27)29/h4-16,18-19,25,28H,17H2,1-3H3,(H2,27,29)/t19?,25-/m0/s1. The van der Waals surface area contributed by atoms with Gasteiger partial charge in [0, 0.05) is 11.6 Å². The van der Waals surface area contributed by atoms with Crippen molar-refractivity contribution in [1.29, 1.82) is 0 Å². The molecule has 3 N–H and O–H groups in total. The Labute approximate surface area is 190 Å². The number of amides is 1. The topological polar surface area (TPSA) is 89.3 Å². The third-order valence-electron chi connectivity index (χ3n) is 5.49. The van der Waals surface area contributed by atoms with Gasteiger partial charge in [-0.3, -0.25) is 4.79 Å². The second kappa shape index (κ2) is 10.1. The largest absolute Gasteiger partial charge is 0.366 e. The summed E-state index contributed by atoms with van der Waals surface area (Å²) in [6, 6.07) is 23.8. The number of carbonyl (C=O) groups is 1. The number of hydrogen-bond donors (Lipinski definition) is 2. The zero-order valence-corrected chi connectivity index (χ0v) is 19.5. The van der Waals surface area contributed by atoms with E-state index < -0.39 is 21.2 Å². The molecule has 0 saturated heterocycles. The summed E-state index contributed by atoms with van der Waals surface area (Å²) in [5, 5.41) is -0.603. The van der Waals surface area contributed by atoms with Crippen molar-refractivity contribution < 1.29 is 13.2 Å². The molecule has 0 fully saturated rings. The number of rotatable bonds is 9. The average molecular weight is 451 g/mol. The van der Waals surface area contributed by atoms with E-state index in [1.54, 1.807) is 12.1 Å². The third-order valence-corrected chi connectivity index (χ3v) is 7.38. The molecule has 3 aromatic carbocycles. The lowest BCUT2D eigenvalue weighted by molar-refractivity contribution is 0.100. The lowest BCUT2D eigenvalue weighted by Crippen LogP contribution is -2.32. The second-order valence-electron chi connectivity index (χ2n) is 8.48. The van der Waals surface area contributed by atoms with Crippen LogP contribution in [0, 0.1) is 5.92 Å². The fourth-order valence-corrected chi connectivity index (χ4v) is 5.67. The van der Waals surface area contributed by atoms with E-state index in [9.17, 15) is 13.2 Å². The highest BCUT2D eigenvalue weighted by Crippen LogP contribution is 2.30. The van der Waals surface area contributed by atoms with Crippen LogP contribution in [-0.4, -0.2) is 14.3 Å². The molecule has 0 aliphatic carbocycles. The quantitative estimate of drug-likeness (QED) is 0.468. The van der Waals surface area contributed by atoms with Crippen molar-refractivity contribution >= 4 is 15.9 Å². The SMILES string of the molecule is CC(C)C[C@@H](c1ccccc1)S(=O)(=O)NC(C)c1ccc(-c2ccc(C(N)=O)cc2)cc1. The van der Waals surface area contributed by atoms with Gasteiger partial charge in [0.05, 0.1) is 0 Å². The predicted molar refractivity (Wildman–Crippen MR) is 130 cm³/mol. The fraction of sp³-hybridized carbons (Fsp3) is 0.269. The van der Waals surface area contributed by atoms with Crippen LogP contribution in [0.4, 0.5) is 0 Å². The van der Waals surface area contributed by atoms with Gasteiger partial charge >= 0.3 is 0 Å². The van der Waals surface area contributed by atoms with E-state index in [1.807, 2.05) is 87.5 Å². The second-order valence-corrected chi connectivity index (χ2v) is 10.4. The Balaban J connectivity index is 1.77. The molecule has 0 aliphatic heterocycles. The van der Waals surface area contributed by atoms with Crippen molar-refractivity contribution in [2.45, 2.75) is 38.5 Å². The molecule has 0 bridgehead atoms. The Morgan fingerprint density at radius 1 is 0.812 bits per heavy atom. The molecular formula is C26H30N2O3S. The van der Waals surface area contributed by atoms with Crippen molar-refractivity contribution in [1.82, 2.24) is 4.72 Å². The average Bonchev–Trinajstić information content (AvgIpc) is 2.77. The van der Waals surface area contributed by atoms with Crippen LogP contribution in [0.3, 0.4) is 0 Å². The molecule has 5 nitrogen and oxygen atoms in total. The minimum atomic E-state index is -3.59. The van der Waals surface area contributed by atoms with Crippen LogP contribution in [-0.2, 0) is 10.0 Å². The summed E-state index contributed by atoms with van der Waals surface area (Å²) < 4.78 is 29.4. The van der Waals surface area contributed by atoms with E-state index in [2.05, 4.69) is 4.72 Å². The predicted octanol–water partition coefficient (Wildman–Crippen LogP) is 5.22. The highest BCUT2D eigenvalue weighted by atomic mass is 32.2. The first-order valence-electron chi connectivity index (χ1n) is 10.7. The van der Waals surface area contributed by atoms with Gasteiger partial charge in [-0.2, -0.15) is 0 Å². The lowest BCUT2D eigenvalue weighted by Gasteiger charge is -2.23. The van der Waals surface area contributed by atoms with Crippen molar-refractivity contribution in [3.05, 3.63) is 95.6 Å². The minimum absolute atomic E-state index is 0.243. The first-order chi connectivity index (χ1) is 15.2. The summed E-state index contributed by atoms with van der Waals surface area (Å²) in [7, 11) is -3.59. The van der Waals surface area contributed by atoms with Crippen LogP contribution in [0.2, 0.25) is 0 Å². The van der Waals surface area contributed by atoms with Gasteiger partial charge in [0.2, 0.25) is 15.9 Å². The summed E-state index contributed by atoms with van der Waals surface area (Å²) in [6.45, 7) is 5.92. The molecule has 32 heavy (non-hydrogen) atoms. The summed E-state index contributed by atoms with van der Waals surface area (Å²) in [5.74, 6) is -0.216. The molecule has 0 aliphatic rings. The highest BCUT2D eigenvalue weighted by molar-refractivity contribution is 7.89. The van der Waals surface area contributed by atoms with E-state index in [1.165, 1.54) is 0 Å². The third kappa shape index (κ3) is 5.84. The number of sulfonamides is 1. The maximum absolute atomic E-state index is 13.3. The molecule has 1 unspecified atom stereocenters. The maximum Gasteiger partial charge on any atom is 0.248 e. The zero-order valence-electron chi connectivity index (χ0n) is 18.7. The van der Waals surface area contributed by atoms with Gasteiger partial charge in [-0.15, -0.1) is 0 Å². The van der Waals surface area contributed by atoms with Crippen LogP contribution < -0.4 is 10.5 Å². The first-order valence-corrected chi connectivity index (χ1v) is 12.3. The van der Waals surface area contributed by atoms with Crippen LogP contribution in [0.25, 0.3) is 11.1 Å². The molecule has 0 saturated carbocycles. The van der Waals surface area contributed by atoms with Gasteiger partial charge in [0.1, 0.15) is 5.25 Å². The van der Waals surface area contributed by atoms with E-state index in [0.717, 1.165) is 22.3 Å². The Kier molecular flexibility index (Phi) is 7.48. The van der Waals surface area contributed by atoms with Gasteiger partial charge in [0.25, 0.3) is 0 Å².